The highest BCUT2D eigenvalue weighted by Crippen LogP contribution is 2.23. The van der Waals surface area contributed by atoms with Gasteiger partial charge in [-0.05, 0) is 55.5 Å². The van der Waals surface area contributed by atoms with Gasteiger partial charge in [0.05, 0.1) is 0 Å². The molecule has 0 aromatic carbocycles. The molecule has 0 spiro atoms. The third-order valence-electron chi connectivity index (χ3n) is 3.89. The van der Waals surface area contributed by atoms with E-state index in [1.54, 1.807) is 0 Å². The van der Waals surface area contributed by atoms with Crippen LogP contribution in [0.2, 0.25) is 0 Å². The number of halogens is 1. The highest BCUT2D eigenvalue weighted by atomic mass is 79.9. The summed E-state index contributed by atoms with van der Waals surface area (Å²) < 4.78 is 0.995. The van der Waals surface area contributed by atoms with Gasteiger partial charge in [0, 0.05) is 34.4 Å². The predicted octanol–water partition coefficient (Wildman–Crippen LogP) is 1.95. The van der Waals surface area contributed by atoms with E-state index in [-0.39, 0.29) is 11.6 Å². The summed E-state index contributed by atoms with van der Waals surface area (Å²) in [5, 5.41) is 0. The second-order valence-electron chi connectivity index (χ2n) is 5.00. The van der Waals surface area contributed by atoms with E-state index in [4.69, 9.17) is 5.84 Å². The maximum absolute atomic E-state index is 5.74. The Balaban J connectivity index is 2.87. The first-order valence-electron chi connectivity index (χ1n) is 6.18. The summed E-state index contributed by atoms with van der Waals surface area (Å²) in [4.78, 5) is 6.63. The first kappa shape index (κ1) is 15.6. The molecule has 0 amide bonds. The standard InChI is InChI=1S/C13H23BrN4/c1-5-13(2,18(3)4)12(17-15)8-11-7-6-10(14)9-16-11/h6-7,9,12,17H,5,8,15H2,1-4H3. The Morgan fingerprint density at radius 2 is 2.17 bits per heavy atom. The summed E-state index contributed by atoms with van der Waals surface area (Å²) in [7, 11) is 4.17. The lowest BCUT2D eigenvalue weighted by Crippen LogP contribution is -2.59. The van der Waals surface area contributed by atoms with Crippen molar-refractivity contribution < 1.29 is 0 Å². The number of hydrazine groups is 1. The van der Waals surface area contributed by atoms with E-state index in [1.807, 2.05) is 18.3 Å². The molecule has 18 heavy (non-hydrogen) atoms. The van der Waals surface area contributed by atoms with Gasteiger partial charge in [-0.2, -0.15) is 0 Å². The molecular weight excluding hydrogens is 292 g/mol. The monoisotopic (exact) mass is 314 g/mol. The van der Waals surface area contributed by atoms with Crippen LogP contribution in [0.1, 0.15) is 26.0 Å². The summed E-state index contributed by atoms with van der Waals surface area (Å²) in [6.45, 7) is 4.40. The van der Waals surface area contributed by atoms with Crippen LogP contribution < -0.4 is 11.3 Å². The second kappa shape index (κ2) is 6.61. The largest absolute Gasteiger partial charge is 0.302 e. The van der Waals surface area contributed by atoms with E-state index in [9.17, 15) is 0 Å². The molecule has 0 saturated carbocycles. The third kappa shape index (κ3) is 3.51. The summed E-state index contributed by atoms with van der Waals surface area (Å²) in [5.41, 5.74) is 3.99. The summed E-state index contributed by atoms with van der Waals surface area (Å²) in [6, 6.07) is 4.20. The van der Waals surface area contributed by atoms with Crippen LogP contribution in [-0.4, -0.2) is 35.6 Å². The zero-order chi connectivity index (χ0) is 13.8. The van der Waals surface area contributed by atoms with E-state index in [0.29, 0.717) is 0 Å². The number of nitrogens with two attached hydrogens (primary N) is 1. The highest BCUT2D eigenvalue weighted by molar-refractivity contribution is 9.10. The molecular formula is C13H23BrN4. The summed E-state index contributed by atoms with van der Waals surface area (Å²) >= 11 is 3.39. The maximum atomic E-state index is 5.74. The van der Waals surface area contributed by atoms with Gasteiger partial charge in [0.2, 0.25) is 0 Å². The smallest absolute Gasteiger partial charge is 0.0447 e. The Morgan fingerprint density at radius 1 is 1.50 bits per heavy atom. The van der Waals surface area contributed by atoms with Gasteiger partial charge in [-0.1, -0.05) is 6.92 Å². The molecule has 0 aliphatic rings. The molecule has 1 aromatic heterocycles. The fourth-order valence-electron chi connectivity index (χ4n) is 2.07. The molecule has 102 valence electrons. The summed E-state index contributed by atoms with van der Waals surface area (Å²) in [6.07, 6.45) is 3.65. The van der Waals surface area contributed by atoms with Gasteiger partial charge >= 0.3 is 0 Å². The van der Waals surface area contributed by atoms with Crippen LogP contribution in [0, 0.1) is 0 Å². The van der Waals surface area contributed by atoms with Gasteiger partial charge in [0.25, 0.3) is 0 Å². The van der Waals surface area contributed by atoms with Gasteiger partial charge in [-0.3, -0.25) is 16.3 Å². The fourth-order valence-corrected chi connectivity index (χ4v) is 2.30. The van der Waals surface area contributed by atoms with Crippen LogP contribution in [-0.2, 0) is 6.42 Å². The number of likely N-dealkylation sites (N-methyl/N-ethyl adjacent to an activating group) is 1. The molecule has 0 bridgehead atoms. The first-order valence-corrected chi connectivity index (χ1v) is 6.97. The van der Waals surface area contributed by atoms with Crippen molar-refractivity contribution in [1.82, 2.24) is 15.3 Å². The first-order chi connectivity index (χ1) is 8.43. The molecule has 1 heterocycles. The van der Waals surface area contributed by atoms with Gasteiger partial charge in [-0.15, -0.1) is 0 Å². The van der Waals surface area contributed by atoms with E-state index in [2.05, 4.69) is 59.2 Å². The number of nitrogens with zero attached hydrogens (tertiary/aromatic N) is 2. The van der Waals surface area contributed by atoms with Crippen LogP contribution in [0.15, 0.2) is 22.8 Å². The molecule has 4 nitrogen and oxygen atoms in total. The Morgan fingerprint density at radius 3 is 2.56 bits per heavy atom. The molecule has 0 radical (unpaired) electrons. The molecule has 1 aromatic rings. The highest BCUT2D eigenvalue weighted by Gasteiger charge is 2.34. The molecule has 2 atom stereocenters. The lowest BCUT2D eigenvalue weighted by molar-refractivity contribution is 0.112. The second-order valence-corrected chi connectivity index (χ2v) is 5.91. The number of hydrogen-bond donors (Lipinski definition) is 2. The molecule has 2 unspecified atom stereocenters. The van der Waals surface area contributed by atoms with E-state index >= 15 is 0 Å². The minimum absolute atomic E-state index is 0.00348. The minimum atomic E-state index is 0.00348. The SMILES string of the molecule is CCC(C)(C(Cc1ccc(Br)cn1)NN)N(C)C. The van der Waals surface area contributed by atoms with Crippen LogP contribution in [0.4, 0.5) is 0 Å². The van der Waals surface area contributed by atoms with Crippen molar-refractivity contribution in [3.63, 3.8) is 0 Å². The van der Waals surface area contributed by atoms with Gasteiger partial charge in [-0.25, -0.2) is 0 Å². The maximum Gasteiger partial charge on any atom is 0.0447 e. The van der Waals surface area contributed by atoms with Crippen LogP contribution in [0.3, 0.4) is 0 Å². The average molecular weight is 315 g/mol. The average Bonchev–Trinajstić information content (AvgIpc) is 2.37. The molecule has 3 N–H and O–H groups in total. The van der Waals surface area contributed by atoms with E-state index < -0.39 is 0 Å². The molecule has 5 heteroatoms. The van der Waals surface area contributed by atoms with Gasteiger partial charge in [0.1, 0.15) is 0 Å². The Kier molecular flexibility index (Phi) is 5.72. The molecule has 0 fully saturated rings. The zero-order valence-electron chi connectivity index (χ0n) is 11.6. The van der Waals surface area contributed by atoms with Crippen molar-refractivity contribution in [2.45, 2.75) is 38.3 Å². The summed E-state index contributed by atoms with van der Waals surface area (Å²) in [5.74, 6) is 5.74. The normalized spacial score (nSPS) is 16.6. The van der Waals surface area contributed by atoms with Crippen molar-refractivity contribution in [1.29, 1.82) is 0 Å². The number of rotatable bonds is 6. The lowest BCUT2D eigenvalue weighted by Gasteiger charge is -2.42. The molecule has 1 rings (SSSR count). The number of aromatic nitrogens is 1. The Labute approximate surface area is 118 Å². The van der Waals surface area contributed by atoms with Crippen LogP contribution >= 0.6 is 15.9 Å². The lowest BCUT2D eigenvalue weighted by atomic mass is 9.85. The van der Waals surface area contributed by atoms with Crippen molar-refractivity contribution in [2.75, 3.05) is 14.1 Å². The minimum Gasteiger partial charge on any atom is -0.302 e. The molecule has 0 aliphatic heterocycles. The number of nitrogens with one attached hydrogen (secondary N) is 1. The van der Waals surface area contributed by atoms with E-state index in [0.717, 1.165) is 23.0 Å². The quantitative estimate of drug-likeness (QED) is 0.622. The van der Waals surface area contributed by atoms with E-state index in [1.165, 1.54) is 0 Å². The predicted molar refractivity (Wildman–Crippen MR) is 79.1 cm³/mol. The van der Waals surface area contributed by atoms with Crippen molar-refractivity contribution in [2.24, 2.45) is 5.84 Å². The van der Waals surface area contributed by atoms with Crippen LogP contribution in [0.5, 0.6) is 0 Å². The number of pyridine rings is 1. The van der Waals surface area contributed by atoms with Crippen molar-refractivity contribution in [3.05, 3.63) is 28.5 Å². The van der Waals surface area contributed by atoms with Crippen molar-refractivity contribution in [3.8, 4) is 0 Å². The van der Waals surface area contributed by atoms with Crippen LogP contribution in [0.25, 0.3) is 0 Å². The van der Waals surface area contributed by atoms with Crippen molar-refractivity contribution >= 4 is 15.9 Å². The zero-order valence-corrected chi connectivity index (χ0v) is 13.2. The van der Waals surface area contributed by atoms with Gasteiger partial charge < -0.3 is 4.90 Å². The third-order valence-corrected chi connectivity index (χ3v) is 4.36. The Bertz CT molecular complexity index is 366. The Hall–Kier alpha value is -0.490. The number of hydrogen-bond acceptors (Lipinski definition) is 4. The topological polar surface area (TPSA) is 54.2 Å². The fraction of sp³-hybridized carbons (Fsp3) is 0.615. The molecule has 0 aliphatic carbocycles. The molecule has 0 saturated heterocycles. The van der Waals surface area contributed by atoms with Gasteiger partial charge in [0.15, 0.2) is 0 Å².